The first-order valence-electron chi connectivity index (χ1n) is 6.34. The molecular weight excluding hydrogens is 338 g/mol. The Bertz CT molecular complexity index is 700. The number of hydrogen-bond acceptors (Lipinski definition) is 5. The summed E-state index contributed by atoms with van der Waals surface area (Å²) in [7, 11) is -0.836. The molecule has 2 rings (SSSR count). The van der Waals surface area contributed by atoms with Gasteiger partial charge in [0.15, 0.2) is 0 Å². The molecule has 1 aromatic carbocycles. The smallest absolute Gasteiger partial charge is 0.261 e. The largest absolute Gasteiger partial charge is 0.380 e. The highest BCUT2D eigenvalue weighted by molar-refractivity contribution is 8.13. The predicted molar refractivity (Wildman–Crippen MR) is 78.2 cm³/mol. The van der Waals surface area contributed by atoms with Gasteiger partial charge in [0.1, 0.15) is 0 Å². The van der Waals surface area contributed by atoms with Crippen LogP contribution in [0.25, 0.3) is 0 Å². The van der Waals surface area contributed by atoms with Crippen LogP contribution in [-0.2, 0) is 23.8 Å². The molecule has 0 spiro atoms. The van der Waals surface area contributed by atoms with Crippen LogP contribution in [0, 0.1) is 0 Å². The molecule has 0 heterocycles. The van der Waals surface area contributed by atoms with Gasteiger partial charge in [-0.05, 0) is 43.5 Å². The second kappa shape index (κ2) is 6.21. The van der Waals surface area contributed by atoms with Crippen molar-refractivity contribution < 1.29 is 21.6 Å². The zero-order valence-corrected chi connectivity index (χ0v) is 13.7. The standard InChI is InChI=1S/C12H16ClNO5S2/c1-19-12-4-2-3-11(12)14-21(17,18)10-7-5-9(6-8-10)20(13,15)16/h5-8,11-12,14H,2-4H2,1H3. The van der Waals surface area contributed by atoms with E-state index < -0.39 is 19.1 Å². The topological polar surface area (TPSA) is 89.5 Å². The number of halogens is 1. The second-order valence-electron chi connectivity index (χ2n) is 4.84. The van der Waals surface area contributed by atoms with Crippen molar-refractivity contribution in [3.05, 3.63) is 24.3 Å². The summed E-state index contributed by atoms with van der Waals surface area (Å²) in [6.45, 7) is 0. The molecule has 0 radical (unpaired) electrons. The van der Waals surface area contributed by atoms with Crippen molar-refractivity contribution in [2.45, 2.75) is 41.2 Å². The zero-order chi connectivity index (χ0) is 15.7. The number of methoxy groups -OCH3 is 1. The Morgan fingerprint density at radius 2 is 1.67 bits per heavy atom. The van der Waals surface area contributed by atoms with Crippen LogP contribution in [0.2, 0.25) is 0 Å². The third-order valence-electron chi connectivity index (χ3n) is 3.48. The molecule has 1 aliphatic carbocycles. The fourth-order valence-electron chi connectivity index (χ4n) is 2.39. The first-order valence-corrected chi connectivity index (χ1v) is 10.1. The summed E-state index contributed by atoms with van der Waals surface area (Å²) in [6, 6.07) is 4.50. The quantitative estimate of drug-likeness (QED) is 0.809. The fraction of sp³-hybridized carbons (Fsp3) is 0.500. The number of hydrogen-bond donors (Lipinski definition) is 1. The van der Waals surface area contributed by atoms with Crippen molar-refractivity contribution in [1.29, 1.82) is 0 Å². The van der Waals surface area contributed by atoms with Gasteiger partial charge in [0, 0.05) is 23.8 Å². The summed E-state index contributed by atoms with van der Waals surface area (Å²) in [5, 5.41) is 0. The highest BCUT2D eigenvalue weighted by Crippen LogP contribution is 2.24. The Balaban J connectivity index is 2.20. The van der Waals surface area contributed by atoms with Gasteiger partial charge in [-0.1, -0.05) is 0 Å². The van der Waals surface area contributed by atoms with Crippen molar-refractivity contribution in [2.24, 2.45) is 0 Å². The summed E-state index contributed by atoms with van der Waals surface area (Å²) in [5.41, 5.74) is 0. The molecule has 2 atom stereocenters. The van der Waals surface area contributed by atoms with Gasteiger partial charge in [0.25, 0.3) is 9.05 Å². The molecule has 118 valence electrons. The summed E-state index contributed by atoms with van der Waals surface area (Å²) in [6.07, 6.45) is 2.29. The minimum atomic E-state index is -3.86. The van der Waals surface area contributed by atoms with E-state index in [4.69, 9.17) is 15.4 Å². The highest BCUT2D eigenvalue weighted by Gasteiger charge is 2.31. The average Bonchev–Trinajstić information content (AvgIpc) is 2.84. The molecule has 2 unspecified atom stereocenters. The zero-order valence-electron chi connectivity index (χ0n) is 11.3. The number of sulfonamides is 1. The van der Waals surface area contributed by atoms with E-state index in [-0.39, 0.29) is 21.9 Å². The van der Waals surface area contributed by atoms with Crippen molar-refractivity contribution in [3.8, 4) is 0 Å². The van der Waals surface area contributed by atoms with E-state index in [1.165, 1.54) is 24.3 Å². The van der Waals surface area contributed by atoms with E-state index >= 15 is 0 Å². The van der Waals surface area contributed by atoms with Crippen LogP contribution in [0.5, 0.6) is 0 Å². The van der Waals surface area contributed by atoms with Crippen LogP contribution >= 0.6 is 10.7 Å². The highest BCUT2D eigenvalue weighted by atomic mass is 35.7. The summed E-state index contributed by atoms with van der Waals surface area (Å²) in [4.78, 5) is -0.146. The number of benzene rings is 1. The summed E-state index contributed by atoms with van der Waals surface area (Å²) < 4.78 is 54.6. The SMILES string of the molecule is COC1CCCC1NS(=O)(=O)c1ccc(S(=O)(=O)Cl)cc1. The van der Waals surface area contributed by atoms with Gasteiger partial charge in [-0.2, -0.15) is 0 Å². The summed E-state index contributed by atoms with van der Waals surface area (Å²) in [5.74, 6) is 0. The first-order chi connectivity index (χ1) is 9.74. The van der Waals surface area contributed by atoms with E-state index in [2.05, 4.69) is 4.72 Å². The van der Waals surface area contributed by atoms with E-state index in [0.717, 1.165) is 12.8 Å². The lowest BCUT2D eigenvalue weighted by Crippen LogP contribution is -2.40. The Labute approximate surface area is 128 Å². The lowest BCUT2D eigenvalue weighted by atomic mass is 10.2. The van der Waals surface area contributed by atoms with Crippen LogP contribution in [-0.4, -0.2) is 36.1 Å². The minimum absolute atomic E-state index is 0.00619. The van der Waals surface area contributed by atoms with Gasteiger partial charge in [0.05, 0.1) is 15.9 Å². The molecule has 6 nitrogen and oxygen atoms in total. The third kappa shape index (κ3) is 3.95. The van der Waals surface area contributed by atoms with Gasteiger partial charge in [-0.15, -0.1) is 0 Å². The van der Waals surface area contributed by atoms with Crippen LogP contribution in [0.4, 0.5) is 0 Å². The molecule has 21 heavy (non-hydrogen) atoms. The van der Waals surface area contributed by atoms with E-state index in [9.17, 15) is 16.8 Å². The van der Waals surface area contributed by atoms with Crippen molar-refractivity contribution in [1.82, 2.24) is 4.72 Å². The molecule has 0 amide bonds. The van der Waals surface area contributed by atoms with Crippen molar-refractivity contribution in [3.63, 3.8) is 0 Å². The molecule has 1 N–H and O–H groups in total. The fourth-order valence-corrected chi connectivity index (χ4v) is 4.46. The van der Waals surface area contributed by atoms with Gasteiger partial charge in [-0.3, -0.25) is 0 Å². The molecule has 1 aromatic rings. The Morgan fingerprint density at radius 3 is 2.19 bits per heavy atom. The van der Waals surface area contributed by atoms with Crippen LogP contribution < -0.4 is 4.72 Å². The van der Waals surface area contributed by atoms with Gasteiger partial charge in [0.2, 0.25) is 10.0 Å². The van der Waals surface area contributed by atoms with Gasteiger partial charge >= 0.3 is 0 Å². The van der Waals surface area contributed by atoms with Crippen molar-refractivity contribution in [2.75, 3.05) is 7.11 Å². The Kier molecular flexibility index (Phi) is 4.94. The molecule has 0 aliphatic heterocycles. The molecular formula is C12H16ClNO5S2. The van der Waals surface area contributed by atoms with Gasteiger partial charge in [-0.25, -0.2) is 21.6 Å². The van der Waals surface area contributed by atoms with E-state index in [1.54, 1.807) is 7.11 Å². The van der Waals surface area contributed by atoms with E-state index in [1.807, 2.05) is 0 Å². The number of nitrogens with one attached hydrogen (secondary N) is 1. The number of ether oxygens (including phenoxy) is 1. The molecule has 0 saturated heterocycles. The Hall–Kier alpha value is -0.670. The third-order valence-corrected chi connectivity index (χ3v) is 6.35. The van der Waals surface area contributed by atoms with Crippen LogP contribution in [0.1, 0.15) is 19.3 Å². The monoisotopic (exact) mass is 353 g/mol. The normalized spacial score (nSPS) is 23.3. The number of rotatable bonds is 5. The van der Waals surface area contributed by atoms with Crippen LogP contribution in [0.3, 0.4) is 0 Å². The molecule has 1 fully saturated rings. The maximum absolute atomic E-state index is 12.3. The molecule has 0 aromatic heterocycles. The maximum atomic E-state index is 12.3. The Morgan fingerprint density at radius 1 is 1.10 bits per heavy atom. The minimum Gasteiger partial charge on any atom is -0.380 e. The second-order valence-corrected chi connectivity index (χ2v) is 9.12. The molecule has 0 bridgehead atoms. The maximum Gasteiger partial charge on any atom is 0.261 e. The molecule has 9 heteroatoms. The lowest BCUT2D eigenvalue weighted by molar-refractivity contribution is 0.0916. The average molecular weight is 354 g/mol. The molecule has 1 saturated carbocycles. The van der Waals surface area contributed by atoms with Crippen LogP contribution in [0.15, 0.2) is 34.1 Å². The van der Waals surface area contributed by atoms with Crippen molar-refractivity contribution >= 4 is 29.8 Å². The first kappa shape index (κ1) is 16.7. The lowest BCUT2D eigenvalue weighted by Gasteiger charge is -2.19. The molecule has 1 aliphatic rings. The predicted octanol–water partition coefficient (Wildman–Crippen LogP) is 1.46. The van der Waals surface area contributed by atoms with E-state index in [0.29, 0.717) is 6.42 Å². The summed E-state index contributed by atoms with van der Waals surface area (Å²) >= 11 is 0. The van der Waals surface area contributed by atoms with Gasteiger partial charge < -0.3 is 4.74 Å².